The highest BCUT2D eigenvalue weighted by Gasteiger charge is 2.34. The minimum Gasteiger partial charge on any atom is -0.390 e. The molecule has 6 nitrogen and oxygen atoms in total. The highest BCUT2D eigenvalue weighted by molar-refractivity contribution is 5.81. The second-order valence-corrected chi connectivity index (χ2v) is 6.30. The maximum Gasteiger partial charge on any atom is 0.251 e. The van der Waals surface area contributed by atoms with Crippen LogP contribution in [0.2, 0.25) is 0 Å². The molecule has 0 aromatic rings. The number of likely N-dealkylation sites (tertiary alicyclic amines) is 1. The largest absolute Gasteiger partial charge is 0.390 e. The van der Waals surface area contributed by atoms with E-state index in [0.29, 0.717) is 19.6 Å². The standard InChI is InChI=1S/C16H30N2O4/c1-21-12-8-17-16(20)15-14(19)6-5-13(22-15)7-11-18-9-3-2-4-10-18/h13-15,19H,2-12H2,1H3,(H,17,20). The van der Waals surface area contributed by atoms with Gasteiger partial charge in [-0.3, -0.25) is 4.79 Å². The number of hydrogen-bond donors (Lipinski definition) is 2. The number of aliphatic hydroxyl groups is 1. The number of carbonyl (C=O) groups is 1. The number of aliphatic hydroxyl groups excluding tert-OH is 1. The van der Waals surface area contributed by atoms with Crippen molar-refractivity contribution in [1.82, 2.24) is 10.2 Å². The molecule has 3 unspecified atom stereocenters. The number of nitrogens with zero attached hydrogens (tertiary/aromatic N) is 1. The van der Waals surface area contributed by atoms with Crippen molar-refractivity contribution < 1.29 is 19.4 Å². The lowest BCUT2D eigenvalue weighted by Crippen LogP contribution is -2.50. The van der Waals surface area contributed by atoms with Gasteiger partial charge in [0.1, 0.15) is 0 Å². The van der Waals surface area contributed by atoms with Crippen molar-refractivity contribution in [3.8, 4) is 0 Å². The summed E-state index contributed by atoms with van der Waals surface area (Å²) in [6.07, 6.45) is 4.95. The van der Waals surface area contributed by atoms with E-state index in [4.69, 9.17) is 9.47 Å². The van der Waals surface area contributed by atoms with Gasteiger partial charge in [0, 0.05) is 20.2 Å². The van der Waals surface area contributed by atoms with Crippen LogP contribution in [0.1, 0.15) is 38.5 Å². The van der Waals surface area contributed by atoms with Crippen molar-refractivity contribution in [1.29, 1.82) is 0 Å². The quantitative estimate of drug-likeness (QED) is 0.671. The van der Waals surface area contributed by atoms with Gasteiger partial charge in [-0.25, -0.2) is 0 Å². The van der Waals surface area contributed by atoms with Gasteiger partial charge >= 0.3 is 0 Å². The monoisotopic (exact) mass is 314 g/mol. The number of nitrogens with one attached hydrogen (secondary N) is 1. The SMILES string of the molecule is COCCNC(=O)C1OC(CCN2CCCCC2)CCC1O. The zero-order valence-electron chi connectivity index (χ0n) is 13.6. The molecule has 2 saturated heterocycles. The number of amides is 1. The van der Waals surface area contributed by atoms with Crippen LogP contribution < -0.4 is 5.32 Å². The van der Waals surface area contributed by atoms with Crippen LogP contribution in [0.25, 0.3) is 0 Å². The van der Waals surface area contributed by atoms with Crippen molar-refractivity contribution in [2.24, 2.45) is 0 Å². The van der Waals surface area contributed by atoms with Gasteiger partial charge in [-0.05, 0) is 45.2 Å². The summed E-state index contributed by atoms with van der Waals surface area (Å²) < 4.78 is 10.8. The van der Waals surface area contributed by atoms with Gasteiger partial charge in [-0.15, -0.1) is 0 Å². The first-order valence-electron chi connectivity index (χ1n) is 8.53. The van der Waals surface area contributed by atoms with Crippen LogP contribution in [0.5, 0.6) is 0 Å². The van der Waals surface area contributed by atoms with Gasteiger partial charge in [-0.2, -0.15) is 0 Å². The number of methoxy groups -OCH3 is 1. The van der Waals surface area contributed by atoms with Gasteiger partial charge in [0.25, 0.3) is 5.91 Å². The van der Waals surface area contributed by atoms with Crippen molar-refractivity contribution in [3.63, 3.8) is 0 Å². The number of ether oxygens (including phenoxy) is 2. The topological polar surface area (TPSA) is 71.0 Å². The Morgan fingerprint density at radius 1 is 1.32 bits per heavy atom. The Morgan fingerprint density at radius 2 is 2.09 bits per heavy atom. The van der Waals surface area contributed by atoms with Crippen molar-refractivity contribution >= 4 is 5.91 Å². The lowest BCUT2D eigenvalue weighted by Gasteiger charge is -2.34. The maximum absolute atomic E-state index is 12.1. The molecule has 2 heterocycles. The van der Waals surface area contributed by atoms with Crippen LogP contribution >= 0.6 is 0 Å². The molecule has 0 radical (unpaired) electrons. The fourth-order valence-electron chi connectivity index (χ4n) is 3.21. The predicted octanol–water partition coefficient (Wildman–Crippen LogP) is 0.534. The van der Waals surface area contributed by atoms with E-state index in [0.717, 1.165) is 19.4 Å². The summed E-state index contributed by atoms with van der Waals surface area (Å²) in [5.41, 5.74) is 0. The van der Waals surface area contributed by atoms with Gasteiger partial charge in [0.05, 0.1) is 18.8 Å². The molecule has 1 amide bonds. The average molecular weight is 314 g/mol. The van der Waals surface area contributed by atoms with Gasteiger partial charge in [0.2, 0.25) is 0 Å². The lowest BCUT2D eigenvalue weighted by atomic mass is 9.98. The van der Waals surface area contributed by atoms with Gasteiger partial charge < -0.3 is 24.8 Å². The number of piperidine rings is 1. The maximum atomic E-state index is 12.1. The predicted molar refractivity (Wildman–Crippen MR) is 83.7 cm³/mol. The van der Waals surface area contributed by atoms with E-state index >= 15 is 0 Å². The molecular weight excluding hydrogens is 284 g/mol. The molecule has 2 fully saturated rings. The summed E-state index contributed by atoms with van der Waals surface area (Å²) in [5.74, 6) is -0.229. The van der Waals surface area contributed by atoms with Crippen LogP contribution in [0.4, 0.5) is 0 Å². The van der Waals surface area contributed by atoms with Crippen molar-refractivity contribution in [3.05, 3.63) is 0 Å². The van der Waals surface area contributed by atoms with Crippen LogP contribution in [0.15, 0.2) is 0 Å². The first kappa shape index (κ1) is 17.7. The molecule has 0 aromatic carbocycles. The Kier molecular flexibility index (Phi) is 7.59. The molecular formula is C16H30N2O4. The number of rotatable bonds is 7. The molecule has 0 aromatic heterocycles. The fourth-order valence-corrected chi connectivity index (χ4v) is 3.21. The number of hydrogen-bond acceptors (Lipinski definition) is 5. The molecule has 0 bridgehead atoms. The summed E-state index contributed by atoms with van der Waals surface area (Å²) in [6.45, 7) is 4.29. The molecule has 0 spiro atoms. The van der Waals surface area contributed by atoms with Crippen LogP contribution in [0, 0.1) is 0 Å². The summed E-state index contributed by atoms with van der Waals surface area (Å²) in [5, 5.41) is 12.8. The first-order valence-corrected chi connectivity index (χ1v) is 8.53. The molecule has 2 rings (SSSR count). The smallest absolute Gasteiger partial charge is 0.251 e. The zero-order valence-corrected chi connectivity index (χ0v) is 13.6. The molecule has 2 aliphatic heterocycles. The minimum absolute atomic E-state index is 0.0727. The van der Waals surface area contributed by atoms with E-state index in [-0.39, 0.29) is 12.0 Å². The molecule has 128 valence electrons. The molecule has 6 heteroatoms. The molecule has 0 saturated carbocycles. The second kappa shape index (κ2) is 9.45. The summed E-state index contributed by atoms with van der Waals surface area (Å²) in [7, 11) is 1.59. The Balaban J connectivity index is 1.73. The van der Waals surface area contributed by atoms with Crippen LogP contribution in [-0.2, 0) is 14.3 Å². The summed E-state index contributed by atoms with van der Waals surface area (Å²) in [4.78, 5) is 14.6. The van der Waals surface area contributed by atoms with E-state index in [1.807, 2.05) is 0 Å². The third kappa shape index (κ3) is 5.50. The van der Waals surface area contributed by atoms with E-state index in [9.17, 15) is 9.90 Å². The fraction of sp³-hybridized carbons (Fsp3) is 0.938. The molecule has 22 heavy (non-hydrogen) atoms. The molecule has 0 aliphatic carbocycles. The molecule has 2 aliphatic rings. The van der Waals surface area contributed by atoms with E-state index in [2.05, 4.69) is 10.2 Å². The van der Waals surface area contributed by atoms with E-state index in [1.54, 1.807) is 7.11 Å². The Labute approximate surface area is 133 Å². The lowest BCUT2D eigenvalue weighted by molar-refractivity contribution is -0.158. The highest BCUT2D eigenvalue weighted by Crippen LogP contribution is 2.23. The van der Waals surface area contributed by atoms with Crippen LogP contribution in [-0.4, -0.2) is 74.1 Å². The first-order chi connectivity index (χ1) is 10.7. The Bertz CT molecular complexity index is 334. The number of carbonyl (C=O) groups excluding carboxylic acids is 1. The average Bonchev–Trinajstić information content (AvgIpc) is 2.55. The van der Waals surface area contributed by atoms with E-state index in [1.165, 1.54) is 32.4 Å². The molecule has 2 N–H and O–H groups in total. The normalized spacial score (nSPS) is 30.2. The highest BCUT2D eigenvalue weighted by atomic mass is 16.5. The van der Waals surface area contributed by atoms with Crippen LogP contribution in [0.3, 0.4) is 0 Å². The summed E-state index contributed by atoms with van der Waals surface area (Å²) >= 11 is 0. The summed E-state index contributed by atoms with van der Waals surface area (Å²) in [6, 6.07) is 0. The zero-order chi connectivity index (χ0) is 15.8. The van der Waals surface area contributed by atoms with Gasteiger partial charge in [0.15, 0.2) is 6.10 Å². The Morgan fingerprint density at radius 3 is 2.82 bits per heavy atom. The van der Waals surface area contributed by atoms with E-state index < -0.39 is 12.2 Å². The van der Waals surface area contributed by atoms with Crippen molar-refractivity contribution in [2.75, 3.05) is 39.9 Å². The second-order valence-electron chi connectivity index (χ2n) is 6.30. The van der Waals surface area contributed by atoms with Crippen molar-refractivity contribution in [2.45, 2.75) is 56.8 Å². The third-order valence-electron chi connectivity index (χ3n) is 4.55. The van der Waals surface area contributed by atoms with Gasteiger partial charge in [-0.1, -0.05) is 6.42 Å². The Hall–Kier alpha value is -0.690. The molecule has 3 atom stereocenters. The third-order valence-corrected chi connectivity index (χ3v) is 4.55. The minimum atomic E-state index is -0.739.